The van der Waals surface area contributed by atoms with Crippen molar-refractivity contribution in [1.82, 2.24) is 15.1 Å². The van der Waals surface area contributed by atoms with Gasteiger partial charge in [0.1, 0.15) is 6.61 Å². The molecule has 7 nitrogen and oxygen atoms in total. The van der Waals surface area contributed by atoms with E-state index in [1.165, 1.54) is 0 Å². The second-order valence-electron chi connectivity index (χ2n) is 6.61. The lowest BCUT2D eigenvalue weighted by Gasteiger charge is -2.33. The van der Waals surface area contributed by atoms with Crippen molar-refractivity contribution >= 4 is 11.9 Å². The number of likely N-dealkylation sites (tertiary alicyclic amines) is 1. The molecule has 25 heavy (non-hydrogen) atoms. The monoisotopic (exact) mass is 347 g/mol. The van der Waals surface area contributed by atoms with Crippen LogP contribution in [0.15, 0.2) is 24.3 Å². The molecular formula is C18H25N3O4. The number of nitrogens with zero attached hydrogens (tertiary/aromatic N) is 2. The fraction of sp³-hybridized carbons (Fsp3) is 0.556. The van der Waals surface area contributed by atoms with Crippen LogP contribution in [0.3, 0.4) is 0 Å². The topological polar surface area (TPSA) is 71.1 Å². The van der Waals surface area contributed by atoms with Gasteiger partial charge < -0.3 is 24.6 Å². The third kappa shape index (κ3) is 4.35. The van der Waals surface area contributed by atoms with E-state index in [1.54, 1.807) is 18.9 Å². The molecule has 1 fully saturated rings. The highest BCUT2D eigenvalue weighted by Gasteiger charge is 2.26. The Morgan fingerprint density at radius 3 is 2.60 bits per heavy atom. The number of rotatable bonds is 3. The summed E-state index contributed by atoms with van der Waals surface area (Å²) in [5, 5.41) is 3.04. The number of ether oxygens (including phenoxy) is 2. The van der Waals surface area contributed by atoms with Gasteiger partial charge in [-0.3, -0.25) is 4.79 Å². The summed E-state index contributed by atoms with van der Waals surface area (Å²) in [5.41, 5.74) is 0. The SMILES string of the molecule is CC(=O)N1CCC(NC(=O)N(C)C[C@H]2COc3ccccc3O2)CC1. The van der Waals surface area contributed by atoms with Crippen molar-refractivity contribution in [3.8, 4) is 11.5 Å². The summed E-state index contributed by atoms with van der Waals surface area (Å²) >= 11 is 0. The van der Waals surface area contributed by atoms with Gasteiger partial charge >= 0.3 is 6.03 Å². The molecule has 3 amide bonds. The summed E-state index contributed by atoms with van der Waals surface area (Å²) in [5.74, 6) is 1.55. The van der Waals surface area contributed by atoms with Gasteiger partial charge in [-0.1, -0.05) is 12.1 Å². The van der Waals surface area contributed by atoms with Crippen molar-refractivity contribution in [2.45, 2.75) is 31.9 Å². The molecule has 0 bridgehead atoms. The minimum absolute atomic E-state index is 0.0941. The molecular weight excluding hydrogens is 322 g/mol. The van der Waals surface area contributed by atoms with Crippen molar-refractivity contribution in [1.29, 1.82) is 0 Å². The summed E-state index contributed by atoms with van der Waals surface area (Å²) in [6, 6.07) is 7.52. The summed E-state index contributed by atoms with van der Waals surface area (Å²) in [7, 11) is 1.75. The first kappa shape index (κ1) is 17.4. The van der Waals surface area contributed by atoms with Crippen molar-refractivity contribution in [2.24, 2.45) is 0 Å². The number of hydrogen-bond donors (Lipinski definition) is 1. The summed E-state index contributed by atoms with van der Waals surface area (Å²) in [6.07, 6.45) is 1.38. The molecule has 1 N–H and O–H groups in total. The van der Waals surface area contributed by atoms with Crippen molar-refractivity contribution in [3.05, 3.63) is 24.3 Å². The Hall–Kier alpha value is -2.44. The van der Waals surface area contributed by atoms with Crippen LogP contribution in [-0.4, -0.2) is 67.2 Å². The van der Waals surface area contributed by atoms with Crippen LogP contribution in [0.5, 0.6) is 11.5 Å². The third-order valence-electron chi connectivity index (χ3n) is 4.66. The van der Waals surface area contributed by atoms with E-state index in [9.17, 15) is 9.59 Å². The number of hydrogen-bond acceptors (Lipinski definition) is 4. The molecule has 2 aliphatic heterocycles. The molecule has 0 unspecified atom stereocenters. The highest BCUT2D eigenvalue weighted by Crippen LogP contribution is 2.30. The Labute approximate surface area is 147 Å². The van der Waals surface area contributed by atoms with E-state index in [0.717, 1.165) is 18.6 Å². The van der Waals surface area contributed by atoms with E-state index in [2.05, 4.69) is 5.32 Å². The zero-order valence-corrected chi connectivity index (χ0v) is 14.7. The van der Waals surface area contributed by atoms with Crippen LogP contribution in [0.1, 0.15) is 19.8 Å². The third-order valence-corrected chi connectivity index (χ3v) is 4.66. The number of piperidine rings is 1. The number of benzene rings is 1. The Bertz CT molecular complexity index is 629. The van der Waals surface area contributed by atoms with Crippen LogP contribution >= 0.6 is 0 Å². The van der Waals surface area contributed by atoms with Crippen LogP contribution < -0.4 is 14.8 Å². The molecule has 1 saturated heterocycles. The van der Waals surface area contributed by atoms with Crippen molar-refractivity contribution in [2.75, 3.05) is 33.3 Å². The molecule has 0 radical (unpaired) electrons. The van der Waals surface area contributed by atoms with Gasteiger partial charge in [0.25, 0.3) is 0 Å². The lowest BCUT2D eigenvalue weighted by molar-refractivity contribution is -0.129. The molecule has 0 aromatic heterocycles. The van der Waals surface area contributed by atoms with Crippen LogP contribution in [-0.2, 0) is 4.79 Å². The second-order valence-corrected chi connectivity index (χ2v) is 6.61. The van der Waals surface area contributed by atoms with Gasteiger partial charge in [-0.05, 0) is 25.0 Å². The van der Waals surface area contributed by atoms with Crippen LogP contribution in [0.25, 0.3) is 0 Å². The Balaban J connectivity index is 1.45. The predicted octanol–water partition coefficient (Wildman–Crippen LogP) is 1.48. The maximum absolute atomic E-state index is 12.4. The van der Waals surface area contributed by atoms with Crippen molar-refractivity contribution in [3.63, 3.8) is 0 Å². The standard InChI is InChI=1S/C18H25N3O4/c1-13(22)21-9-7-14(8-10-21)19-18(23)20(2)11-15-12-24-16-5-3-4-6-17(16)25-15/h3-6,14-15H,7-12H2,1-2H3,(H,19,23)/t15-/m0/s1. The van der Waals surface area contributed by atoms with E-state index in [-0.39, 0.29) is 24.1 Å². The smallest absolute Gasteiger partial charge is 0.317 e. The highest BCUT2D eigenvalue weighted by molar-refractivity contribution is 5.75. The maximum atomic E-state index is 12.4. The Kier molecular flexibility index (Phi) is 5.31. The number of likely N-dealkylation sites (N-methyl/N-ethyl adjacent to an activating group) is 1. The zero-order valence-electron chi connectivity index (χ0n) is 14.7. The van der Waals surface area contributed by atoms with E-state index in [1.807, 2.05) is 29.2 Å². The first-order valence-electron chi connectivity index (χ1n) is 8.68. The van der Waals surface area contributed by atoms with E-state index in [0.29, 0.717) is 32.0 Å². The maximum Gasteiger partial charge on any atom is 0.317 e. The van der Waals surface area contributed by atoms with Gasteiger partial charge in [-0.15, -0.1) is 0 Å². The number of para-hydroxylation sites is 2. The van der Waals surface area contributed by atoms with Gasteiger partial charge in [0.05, 0.1) is 6.54 Å². The molecule has 7 heteroatoms. The fourth-order valence-corrected chi connectivity index (χ4v) is 3.16. The number of carbonyl (C=O) groups is 2. The molecule has 2 aliphatic rings. The number of nitrogens with one attached hydrogen (secondary N) is 1. The molecule has 3 rings (SSSR count). The lowest BCUT2D eigenvalue weighted by Crippen LogP contribution is -2.51. The van der Waals surface area contributed by atoms with Gasteiger partial charge in [-0.2, -0.15) is 0 Å². The van der Waals surface area contributed by atoms with Crippen molar-refractivity contribution < 1.29 is 19.1 Å². The normalized spacial score (nSPS) is 20.1. The van der Waals surface area contributed by atoms with Crippen LogP contribution in [0.2, 0.25) is 0 Å². The van der Waals surface area contributed by atoms with Crippen LogP contribution in [0.4, 0.5) is 4.79 Å². The summed E-state index contributed by atoms with van der Waals surface area (Å²) in [6.45, 7) is 3.84. The number of carbonyl (C=O) groups excluding carboxylic acids is 2. The lowest BCUT2D eigenvalue weighted by atomic mass is 10.1. The second kappa shape index (κ2) is 7.63. The molecule has 0 aliphatic carbocycles. The highest BCUT2D eigenvalue weighted by atomic mass is 16.6. The largest absolute Gasteiger partial charge is 0.486 e. The summed E-state index contributed by atoms with van der Waals surface area (Å²) in [4.78, 5) is 27.2. The summed E-state index contributed by atoms with van der Waals surface area (Å²) < 4.78 is 11.6. The van der Waals surface area contributed by atoms with E-state index in [4.69, 9.17) is 9.47 Å². The average Bonchev–Trinajstić information content (AvgIpc) is 2.62. The minimum atomic E-state index is -0.190. The first-order valence-corrected chi connectivity index (χ1v) is 8.68. The quantitative estimate of drug-likeness (QED) is 0.899. The van der Waals surface area contributed by atoms with Gasteiger partial charge in [0, 0.05) is 33.1 Å². The fourth-order valence-electron chi connectivity index (χ4n) is 3.16. The number of fused-ring (bicyclic) bond motifs is 1. The molecule has 0 saturated carbocycles. The molecule has 2 heterocycles. The van der Waals surface area contributed by atoms with Gasteiger partial charge in [0.15, 0.2) is 17.6 Å². The molecule has 1 aromatic rings. The van der Waals surface area contributed by atoms with Gasteiger partial charge in [0.2, 0.25) is 5.91 Å². The van der Waals surface area contributed by atoms with E-state index < -0.39 is 0 Å². The predicted molar refractivity (Wildman–Crippen MR) is 92.8 cm³/mol. The molecule has 1 atom stereocenters. The van der Waals surface area contributed by atoms with Gasteiger partial charge in [-0.25, -0.2) is 4.79 Å². The average molecular weight is 347 g/mol. The Morgan fingerprint density at radius 1 is 1.24 bits per heavy atom. The minimum Gasteiger partial charge on any atom is -0.486 e. The number of urea groups is 1. The Morgan fingerprint density at radius 2 is 1.92 bits per heavy atom. The number of amides is 3. The first-order chi connectivity index (χ1) is 12.0. The zero-order chi connectivity index (χ0) is 17.8. The van der Waals surface area contributed by atoms with E-state index >= 15 is 0 Å². The molecule has 1 aromatic carbocycles. The van der Waals surface area contributed by atoms with Crippen LogP contribution in [0, 0.1) is 0 Å². The molecule has 0 spiro atoms. The molecule has 136 valence electrons.